The summed E-state index contributed by atoms with van der Waals surface area (Å²) in [6, 6.07) is 15.6. The van der Waals surface area contributed by atoms with Gasteiger partial charge in [-0.25, -0.2) is 9.50 Å². The van der Waals surface area contributed by atoms with E-state index in [2.05, 4.69) is 27.5 Å². The zero-order valence-corrected chi connectivity index (χ0v) is 21.0. The molecule has 2 aliphatic carbocycles. The number of hydrogen-bond donors (Lipinski definition) is 4. The highest BCUT2D eigenvalue weighted by Crippen LogP contribution is 2.49. The van der Waals surface area contributed by atoms with Crippen molar-refractivity contribution in [2.45, 2.75) is 63.6 Å². The summed E-state index contributed by atoms with van der Waals surface area (Å²) in [6.07, 6.45) is 5.04. The first-order valence-electron chi connectivity index (χ1n) is 13.1. The molecule has 8 nitrogen and oxygen atoms in total. The Labute approximate surface area is 215 Å². The zero-order valence-electron chi connectivity index (χ0n) is 21.0. The number of carbonyl (C=O) groups excluding carboxylic acids is 1. The van der Waals surface area contributed by atoms with E-state index in [1.165, 1.54) is 0 Å². The number of fused-ring (bicyclic) bond motifs is 2. The van der Waals surface area contributed by atoms with Gasteiger partial charge in [0.25, 0.3) is 0 Å². The predicted molar refractivity (Wildman–Crippen MR) is 143 cm³/mol. The van der Waals surface area contributed by atoms with Gasteiger partial charge in [0, 0.05) is 29.1 Å². The average molecular weight is 500 g/mol. The van der Waals surface area contributed by atoms with Gasteiger partial charge in [-0.15, -0.1) is 0 Å². The number of anilines is 2. The Morgan fingerprint density at radius 2 is 1.97 bits per heavy atom. The molecule has 2 saturated carbocycles. The molecular weight excluding hydrogens is 466 g/mol. The molecule has 0 aliphatic heterocycles. The number of rotatable bonds is 6. The van der Waals surface area contributed by atoms with E-state index in [0.717, 1.165) is 53.4 Å². The molecule has 37 heavy (non-hydrogen) atoms. The molecule has 4 aromatic rings. The van der Waals surface area contributed by atoms with E-state index >= 15 is 0 Å². The van der Waals surface area contributed by atoms with Gasteiger partial charge in [-0.1, -0.05) is 25.5 Å². The molecule has 2 aliphatic rings. The highest BCUT2D eigenvalue weighted by molar-refractivity contribution is 5.93. The number of aromatic nitrogens is 3. The molecule has 2 fully saturated rings. The maximum atomic E-state index is 12.3. The number of amides is 1. The minimum Gasteiger partial charge on any atom is -0.397 e. The number of aliphatic hydroxyl groups excluding tert-OH is 2. The minimum absolute atomic E-state index is 0.0548. The fraction of sp³-hybridized carbons (Fsp3) is 0.414. The number of nitrogens with zero attached hydrogens (tertiary/aromatic N) is 3. The summed E-state index contributed by atoms with van der Waals surface area (Å²) in [7, 11) is 0. The molecule has 192 valence electrons. The lowest BCUT2D eigenvalue weighted by atomic mass is 9.80. The number of pyridine rings is 1. The summed E-state index contributed by atoms with van der Waals surface area (Å²) in [5.74, 6) is 0.509. The number of aliphatic hydroxyl groups is 2. The van der Waals surface area contributed by atoms with Gasteiger partial charge in [-0.05, 0) is 79.5 Å². The molecule has 4 atom stereocenters. The van der Waals surface area contributed by atoms with Crippen LogP contribution < -0.4 is 11.1 Å². The van der Waals surface area contributed by atoms with Crippen LogP contribution in [0, 0.1) is 11.3 Å². The summed E-state index contributed by atoms with van der Waals surface area (Å²) in [5.41, 5.74) is 9.87. The summed E-state index contributed by atoms with van der Waals surface area (Å²) in [6.45, 7) is 2.05. The smallest absolute Gasteiger partial charge is 0.228 e. The van der Waals surface area contributed by atoms with E-state index in [1.807, 2.05) is 37.3 Å². The molecule has 3 aromatic heterocycles. The van der Waals surface area contributed by atoms with Crippen LogP contribution in [0.15, 0.2) is 54.7 Å². The second-order valence-corrected chi connectivity index (χ2v) is 11.1. The molecule has 0 unspecified atom stereocenters. The van der Waals surface area contributed by atoms with Gasteiger partial charge in [0.15, 0.2) is 0 Å². The van der Waals surface area contributed by atoms with Crippen LogP contribution >= 0.6 is 0 Å². The van der Waals surface area contributed by atoms with Gasteiger partial charge >= 0.3 is 0 Å². The van der Waals surface area contributed by atoms with E-state index in [-0.39, 0.29) is 17.7 Å². The van der Waals surface area contributed by atoms with Crippen LogP contribution in [0.3, 0.4) is 0 Å². The first kappa shape index (κ1) is 23.9. The molecule has 1 aromatic carbocycles. The number of carbonyl (C=O) groups is 1. The SMILES string of the molecule is C[C@]1(CCc2ccc3ccc(NC(=O)C4CCC4)nc3c2)C[C@@H](c2ccc3c(N)ccnn23)[C@H](O)[C@@H]1O. The third-order valence-corrected chi connectivity index (χ3v) is 8.60. The van der Waals surface area contributed by atoms with Gasteiger partial charge in [-0.2, -0.15) is 5.10 Å². The van der Waals surface area contributed by atoms with Gasteiger partial charge in [0.05, 0.1) is 28.9 Å². The quantitative estimate of drug-likeness (QED) is 0.317. The van der Waals surface area contributed by atoms with E-state index in [0.29, 0.717) is 24.3 Å². The van der Waals surface area contributed by atoms with Crippen molar-refractivity contribution in [2.75, 3.05) is 11.1 Å². The summed E-state index contributed by atoms with van der Waals surface area (Å²) in [5, 5.41) is 30.5. The van der Waals surface area contributed by atoms with Crippen molar-refractivity contribution in [3.63, 3.8) is 0 Å². The van der Waals surface area contributed by atoms with Crippen molar-refractivity contribution >= 4 is 33.8 Å². The van der Waals surface area contributed by atoms with E-state index < -0.39 is 17.6 Å². The highest BCUT2D eigenvalue weighted by atomic mass is 16.3. The van der Waals surface area contributed by atoms with Crippen LogP contribution in [0.2, 0.25) is 0 Å². The Balaban J connectivity index is 1.18. The van der Waals surface area contributed by atoms with Crippen molar-refractivity contribution in [2.24, 2.45) is 11.3 Å². The lowest BCUT2D eigenvalue weighted by Gasteiger charge is -2.28. The molecule has 0 spiro atoms. The first-order valence-corrected chi connectivity index (χ1v) is 13.1. The lowest BCUT2D eigenvalue weighted by Crippen LogP contribution is -2.34. The molecule has 5 N–H and O–H groups in total. The van der Waals surface area contributed by atoms with E-state index in [4.69, 9.17) is 5.73 Å². The van der Waals surface area contributed by atoms with Gasteiger partial charge in [0.1, 0.15) is 5.82 Å². The molecule has 0 saturated heterocycles. The Hall–Kier alpha value is -3.49. The average Bonchev–Trinajstić information content (AvgIpc) is 3.37. The Morgan fingerprint density at radius 1 is 1.16 bits per heavy atom. The monoisotopic (exact) mass is 499 g/mol. The molecular formula is C29H33N5O3. The van der Waals surface area contributed by atoms with Crippen molar-refractivity contribution < 1.29 is 15.0 Å². The van der Waals surface area contributed by atoms with Crippen molar-refractivity contribution in [3.05, 3.63) is 66.0 Å². The highest BCUT2D eigenvalue weighted by Gasteiger charge is 2.50. The van der Waals surface area contributed by atoms with Crippen LogP contribution in [-0.2, 0) is 11.2 Å². The van der Waals surface area contributed by atoms with Gasteiger partial charge < -0.3 is 21.3 Å². The predicted octanol–water partition coefficient (Wildman–Crippen LogP) is 4.05. The third-order valence-electron chi connectivity index (χ3n) is 8.60. The van der Waals surface area contributed by atoms with E-state index in [9.17, 15) is 15.0 Å². The Kier molecular flexibility index (Phi) is 5.88. The van der Waals surface area contributed by atoms with Crippen LogP contribution in [-0.4, -0.2) is 42.9 Å². The largest absolute Gasteiger partial charge is 0.397 e. The van der Waals surface area contributed by atoms with Crippen LogP contribution in [0.4, 0.5) is 11.5 Å². The zero-order chi connectivity index (χ0) is 25.7. The number of benzene rings is 1. The minimum atomic E-state index is -0.883. The normalized spacial score (nSPS) is 26.0. The summed E-state index contributed by atoms with van der Waals surface area (Å²) in [4.78, 5) is 17.0. The third kappa shape index (κ3) is 4.24. The summed E-state index contributed by atoms with van der Waals surface area (Å²) >= 11 is 0. The number of nitrogens with one attached hydrogen (secondary N) is 1. The molecule has 0 radical (unpaired) electrons. The van der Waals surface area contributed by atoms with Crippen LogP contribution in [0.5, 0.6) is 0 Å². The molecule has 6 rings (SSSR count). The number of nitrogen functional groups attached to an aromatic ring is 1. The second-order valence-electron chi connectivity index (χ2n) is 11.1. The molecule has 3 heterocycles. The first-order chi connectivity index (χ1) is 17.8. The molecule has 1 amide bonds. The fourth-order valence-electron chi connectivity index (χ4n) is 5.96. The maximum absolute atomic E-state index is 12.3. The molecule has 0 bridgehead atoms. The molecule has 8 heteroatoms. The van der Waals surface area contributed by atoms with Gasteiger partial charge in [0.2, 0.25) is 5.91 Å². The fourth-order valence-corrected chi connectivity index (χ4v) is 5.96. The number of nitrogens with two attached hydrogens (primary N) is 1. The second kappa shape index (κ2) is 9.11. The lowest BCUT2D eigenvalue weighted by molar-refractivity contribution is -0.122. The Morgan fingerprint density at radius 3 is 2.76 bits per heavy atom. The topological polar surface area (TPSA) is 126 Å². The number of hydrogen-bond acceptors (Lipinski definition) is 6. The maximum Gasteiger partial charge on any atom is 0.228 e. The van der Waals surface area contributed by atoms with Crippen molar-refractivity contribution in [1.29, 1.82) is 0 Å². The van der Waals surface area contributed by atoms with Crippen molar-refractivity contribution in [1.82, 2.24) is 14.6 Å². The standard InChI is InChI=1S/C29H33N5O3/c1-29(16-20(26(35)27(29)36)23-8-9-24-21(30)12-14-31-34(23)24)13-11-17-5-6-18-7-10-25(32-22(18)15-17)33-28(37)19-3-2-4-19/h5-10,12,14-15,19-20,26-27,35-36H,2-4,11,13,16,30H2,1H3,(H,32,33,37)/t20-,26-,27-,29-/m0/s1. The Bertz CT molecular complexity index is 1480. The van der Waals surface area contributed by atoms with Crippen LogP contribution in [0.1, 0.15) is 56.2 Å². The summed E-state index contributed by atoms with van der Waals surface area (Å²) < 4.78 is 1.78. The van der Waals surface area contributed by atoms with Gasteiger partial charge in [-0.3, -0.25) is 4.79 Å². The van der Waals surface area contributed by atoms with Crippen LogP contribution in [0.25, 0.3) is 16.4 Å². The number of aryl methyl sites for hydroxylation is 1. The van der Waals surface area contributed by atoms with E-state index in [1.54, 1.807) is 16.8 Å². The van der Waals surface area contributed by atoms with Crippen molar-refractivity contribution in [3.8, 4) is 0 Å².